The van der Waals surface area contributed by atoms with Crippen molar-refractivity contribution < 1.29 is 14.3 Å². The molecular formula is C13H14N2O3S2. The molecule has 2 heterocycles. The van der Waals surface area contributed by atoms with E-state index in [4.69, 9.17) is 4.74 Å². The molecule has 0 aliphatic carbocycles. The Balaban J connectivity index is 2.05. The molecule has 1 amide bonds. The first kappa shape index (κ1) is 14.7. The molecule has 2 aromatic rings. The third-order valence-corrected chi connectivity index (χ3v) is 4.63. The second-order valence-electron chi connectivity index (χ2n) is 3.90. The van der Waals surface area contributed by atoms with E-state index in [0.717, 1.165) is 9.88 Å². The van der Waals surface area contributed by atoms with Crippen LogP contribution in [0.3, 0.4) is 0 Å². The minimum absolute atomic E-state index is 0.127. The highest BCUT2D eigenvalue weighted by Gasteiger charge is 2.17. The average molecular weight is 310 g/mol. The van der Waals surface area contributed by atoms with Crippen molar-refractivity contribution in [3.05, 3.63) is 28.1 Å². The molecule has 5 nitrogen and oxygen atoms in total. The quantitative estimate of drug-likeness (QED) is 0.861. The number of carbonyl (C=O) groups is 2. The van der Waals surface area contributed by atoms with E-state index in [0.29, 0.717) is 17.2 Å². The van der Waals surface area contributed by atoms with Gasteiger partial charge in [0, 0.05) is 0 Å². The Labute approximate surface area is 124 Å². The van der Waals surface area contributed by atoms with E-state index in [1.807, 2.05) is 17.5 Å². The number of nitrogens with one attached hydrogen (secondary N) is 1. The molecular weight excluding hydrogens is 296 g/mol. The van der Waals surface area contributed by atoms with E-state index < -0.39 is 5.97 Å². The lowest BCUT2D eigenvalue weighted by Crippen LogP contribution is -2.30. The molecule has 0 saturated heterocycles. The first-order valence-corrected chi connectivity index (χ1v) is 7.76. The van der Waals surface area contributed by atoms with Gasteiger partial charge in [-0.1, -0.05) is 6.07 Å². The molecule has 0 unspecified atom stereocenters. The molecule has 0 radical (unpaired) electrons. The van der Waals surface area contributed by atoms with Crippen LogP contribution < -0.4 is 5.32 Å². The number of ether oxygens (including phenoxy) is 1. The van der Waals surface area contributed by atoms with Crippen LogP contribution in [-0.2, 0) is 9.53 Å². The van der Waals surface area contributed by atoms with Gasteiger partial charge in [-0.05, 0) is 25.3 Å². The van der Waals surface area contributed by atoms with Gasteiger partial charge in [0.25, 0.3) is 5.91 Å². The summed E-state index contributed by atoms with van der Waals surface area (Å²) < 4.78 is 4.76. The van der Waals surface area contributed by atoms with Crippen molar-refractivity contribution in [3.8, 4) is 9.88 Å². The topological polar surface area (TPSA) is 68.3 Å². The minimum atomic E-state index is -0.443. The summed E-state index contributed by atoms with van der Waals surface area (Å²) in [4.78, 5) is 29.2. The van der Waals surface area contributed by atoms with Crippen LogP contribution in [0.1, 0.15) is 22.3 Å². The molecule has 0 spiro atoms. The maximum Gasteiger partial charge on any atom is 0.325 e. The summed E-state index contributed by atoms with van der Waals surface area (Å²) in [6.07, 6.45) is 0. The van der Waals surface area contributed by atoms with Crippen molar-refractivity contribution in [1.82, 2.24) is 10.3 Å². The summed E-state index contributed by atoms with van der Waals surface area (Å²) >= 11 is 2.90. The molecule has 0 bridgehead atoms. The summed E-state index contributed by atoms with van der Waals surface area (Å²) in [5, 5.41) is 5.33. The highest BCUT2D eigenvalue weighted by Crippen LogP contribution is 2.30. The lowest BCUT2D eigenvalue weighted by molar-refractivity contribution is -0.141. The monoisotopic (exact) mass is 310 g/mol. The van der Waals surface area contributed by atoms with Crippen molar-refractivity contribution in [2.24, 2.45) is 0 Å². The van der Waals surface area contributed by atoms with E-state index >= 15 is 0 Å². The van der Waals surface area contributed by atoms with E-state index in [2.05, 4.69) is 10.3 Å². The first-order valence-electron chi connectivity index (χ1n) is 6.07. The van der Waals surface area contributed by atoms with Gasteiger partial charge in [0.2, 0.25) is 0 Å². The van der Waals surface area contributed by atoms with Crippen LogP contribution in [0.25, 0.3) is 9.88 Å². The lowest BCUT2D eigenvalue weighted by atomic mass is 10.3. The molecule has 0 saturated carbocycles. The maximum absolute atomic E-state index is 12.0. The predicted octanol–water partition coefficient (Wildman–Crippen LogP) is 2.47. The number of aryl methyl sites for hydroxylation is 1. The van der Waals surface area contributed by atoms with Gasteiger partial charge in [-0.15, -0.1) is 22.7 Å². The van der Waals surface area contributed by atoms with Crippen LogP contribution in [0.4, 0.5) is 0 Å². The summed E-state index contributed by atoms with van der Waals surface area (Å²) in [7, 11) is 0. The van der Waals surface area contributed by atoms with Crippen molar-refractivity contribution in [1.29, 1.82) is 0 Å². The van der Waals surface area contributed by atoms with E-state index in [9.17, 15) is 9.59 Å². The zero-order valence-corrected chi connectivity index (χ0v) is 12.8. The van der Waals surface area contributed by atoms with E-state index in [1.165, 1.54) is 11.3 Å². The number of thiazole rings is 1. The van der Waals surface area contributed by atoms with E-state index in [-0.39, 0.29) is 12.5 Å². The zero-order valence-electron chi connectivity index (χ0n) is 11.1. The van der Waals surface area contributed by atoms with Crippen LogP contribution in [-0.4, -0.2) is 30.0 Å². The molecule has 7 heteroatoms. The van der Waals surface area contributed by atoms with Crippen molar-refractivity contribution in [2.75, 3.05) is 13.2 Å². The standard InChI is InChI=1S/C13H14N2O3S2/c1-3-18-10(16)7-14-12(17)11-8(2)15-13(20-11)9-5-4-6-19-9/h4-6H,3,7H2,1-2H3,(H,14,17). The Morgan fingerprint density at radius 3 is 2.90 bits per heavy atom. The molecule has 2 rings (SSSR count). The molecule has 106 valence electrons. The summed E-state index contributed by atoms with van der Waals surface area (Å²) in [5.74, 6) is -0.739. The minimum Gasteiger partial charge on any atom is -0.465 e. The number of hydrogen-bond acceptors (Lipinski definition) is 6. The highest BCUT2D eigenvalue weighted by molar-refractivity contribution is 7.22. The smallest absolute Gasteiger partial charge is 0.325 e. The summed E-state index contributed by atoms with van der Waals surface area (Å²) in [6.45, 7) is 3.68. The number of aromatic nitrogens is 1. The Kier molecular flexibility index (Phi) is 4.86. The SMILES string of the molecule is CCOC(=O)CNC(=O)c1sc(-c2cccs2)nc1C. The van der Waals surface area contributed by atoms with Gasteiger partial charge in [-0.2, -0.15) is 0 Å². The second-order valence-corrected chi connectivity index (χ2v) is 5.85. The first-order chi connectivity index (χ1) is 9.61. The summed E-state index contributed by atoms with van der Waals surface area (Å²) in [6, 6.07) is 3.90. The Morgan fingerprint density at radius 2 is 2.25 bits per heavy atom. The third-order valence-electron chi connectivity index (χ3n) is 2.43. The summed E-state index contributed by atoms with van der Waals surface area (Å²) in [5.41, 5.74) is 0.666. The zero-order chi connectivity index (χ0) is 14.5. The number of esters is 1. The molecule has 0 aliphatic heterocycles. The molecule has 1 N–H and O–H groups in total. The molecule has 0 aromatic carbocycles. The fourth-order valence-electron chi connectivity index (χ4n) is 1.56. The fourth-order valence-corrected chi connectivity index (χ4v) is 3.34. The van der Waals surface area contributed by atoms with Gasteiger partial charge in [-0.25, -0.2) is 4.98 Å². The van der Waals surface area contributed by atoms with Gasteiger partial charge in [-0.3, -0.25) is 9.59 Å². The van der Waals surface area contributed by atoms with Crippen LogP contribution in [0.5, 0.6) is 0 Å². The van der Waals surface area contributed by atoms with Gasteiger partial charge >= 0.3 is 5.97 Å². The van der Waals surface area contributed by atoms with Crippen molar-refractivity contribution >= 4 is 34.6 Å². The Bertz CT molecular complexity index is 605. The van der Waals surface area contributed by atoms with Gasteiger partial charge in [0.15, 0.2) is 0 Å². The molecule has 0 atom stereocenters. The van der Waals surface area contributed by atoms with Gasteiger partial charge in [0.1, 0.15) is 16.4 Å². The van der Waals surface area contributed by atoms with Crippen LogP contribution in [0.15, 0.2) is 17.5 Å². The van der Waals surface area contributed by atoms with Crippen LogP contribution >= 0.6 is 22.7 Å². The second kappa shape index (κ2) is 6.62. The molecule has 20 heavy (non-hydrogen) atoms. The number of hydrogen-bond donors (Lipinski definition) is 1. The number of nitrogens with zero attached hydrogens (tertiary/aromatic N) is 1. The van der Waals surface area contributed by atoms with E-state index in [1.54, 1.807) is 25.2 Å². The molecule has 2 aromatic heterocycles. The van der Waals surface area contributed by atoms with Crippen LogP contribution in [0.2, 0.25) is 0 Å². The number of amides is 1. The number of rotatable bonds is 5. The normalized spacial score (nSPS) is 10.3. The fraction of sp³-hybridized carbons (Fsp3) is 0.308. The maximum atomic E-state index is 12.0. The average Bonchev–Trinajstić information content (AvgIpc) is 3.05. The van der Waals surface area contributed by atoms with Crippen LogP contribution in [0, 0.1) is 6.92 Å². The van der Waals surface area contributed by atoms with Gasteiger partial charge < -0.3 is 10.1 Å². The predicted molar refractivity (Wildman–Crippen MR) is 79.1 cm³/mol. The van der Waals surface area contributed by atoms with Crippen molar-refractivity contribution in [2.45, 2.75) is 13.8 Å². The lowest BCUT2D eigenvalue weighted by Gasteiger charge is -2.03. The van der Waals surface area contributed by atoms with Crippen molar-refractivity contribution in [3.63, 3.8) is 0 Å². The Morgan fingerprint density at radius 1 is 1.45 bits per heavy atom. The molecule has 0 fully saturated rings. The highest BCUT2D eigenvalue weighted by atomic mass is 32.1. The largest absolute Gasteiger partial charge is 0.465 e. The van der Waals surface area contributed by atoms with Gasteiger partial charge in [0.05, 0.1) is 17.2 Å². The third kappa shape index (κ3) is 3.43. The number of carbonyl (C=O) groups excluding carboxylic acids is 2. The molecule has 0 aliphatic rings. The number of thiophene rings is 1. The Hall–Kier alpha value is -1.73.